The molecule has 0 bridgehead atoms. The standard InChI is InChI=1S/C10H14O2.C9H13NO2/c1-4-8-5-6-9(11-2)10(7-8)12-3;1-11-8-5-3-4-7(6-10)9(8)12-2/h5-7H,4H2,1-3H3;3-5H,6,10H2,1-2H3. The zero-order valence-corrected chi connectivity index (χ0v) is 15.1. The molecule has 0 spiro atoms. The first-order valence-corrected chi connectivity index (χ1v) is 7.75. The second-order valence-electron chi connectivity index (χ2n) is 4.90. The highest BCUT2D eigenvalue weighted by Gasteiger charge is 2.06. The summed E-state index contributed by atoms with van der Waals surface area (Å²) in [5.41, 5.74) is 7.73. The molecule has 0 atom stereocenters. The van der Waals surface area contributed by atoms with Crippen LogP contribution in [0.25, 0.3) is 0 Å². The molecule has 5 heteroatoms. The molecule has 0 unspecified atom stereocenters. The number of methoxy groups -OCH3 is 4. The van der Waals surface area contributed by atoms with Crippen LogP contribution in [0.4, 0.5) is 0 Å². The molecule has 0 aliphatic heterocycles. The first-order chi connectivity index (χ1) is 11.6. The van der Waals surface area contributed by atoms with Crippen molar-refractivity contribution in [3.63, 3.8) is 0 Å². The molecule has 24 heavy (non-hydrogen) atoms. The summed E-state index contributed by atoms with van der Waals surface area (Å²) in [6.45, 7) is 2.57. The number of para-hydroxylation sites is 1. The largest absolute Gasteiger partial charge is 0.493 e. The molecule has 5 nitrogen and oxygen atoms in total. The highest BCUT2D eigenvalue weighted by atomic mass is 16.5. The molecule has 0 saturated heterocycles. The van der Waals surface area contributed by atoms with Crippen molar-refractivity contribution in [2.45, 2.75) is 19.9 Å². The zero-order chi connectivity index (χ0) is 17.9. The van der Waals surface area contributed by atoms with Crippen LogP contribution in [0.2, 0.25) is 0 Å². The Balaban J connectivity index is 0.000000240. The van der Waals surface area contributed by atoms with Crippen molar-refractivity contribution < 1.29 is 18.9 Å². The Kier molecular flexibility index (Phi) is 8.50. The van der Waals surface area contributed by atoms with Crippen molar-refractivity contribution in [3.8, 4) is 23.0 Å². The van der Waals surface area contributed by atoms with Gasteiger partial charge in [0.2, 0.25) is 0 Å². The molecule has 0 radical (unpaired) electrons. The third-order valence-electron chi connectivity index (χ3n) is 3.56. The third kappa shape index (κ3) is 5.06. The van der Waals surface area contributed by atoms with E-state index in [1.807, 2.05) is 36.4 Å². The molecule has 2 rings (SSSR count). The van der Waals surface area contributed by atoms with Crippen LogP contribution in [-0.2, 0) is 13.0 Å². The number of rotatable bonds is 6. The maximum atomic E-state index is 5.51. The minimum Gasteiger partial charge on any atom is -0.493 e. The lowest BCUT2D eigenvalue weighted by Gasteiger charge is -2.10. The van der Waals surface area contributed by atoms with Crippen molar-refractivity contribution in [2.75, 3.05) is 28.4 Å². The number of benzene rings is 2. The number of nitrogens with two attached hydrogens (primary N) is 1. The molecule has 0 aliphatic carbocycles. The van der Waals surface area contributed by atoms with E-state index in [-0.39, 0.29) is 0 Å². The Labute approximate surface area is 144 Å². The van der Waals surface area contributed by atoms with E-state index in [1.54, 1.807) is 28.4 Å². The normalized spacial score (nSPS) is 9.58. The Morgan fingerprint density at radius 2 is 1.46 bits per heavy atom. The van der Waals surface area contributed by atoms with Gasteiger partial charge in [0.15, 0.2) is 23.0 Å². The number of aryl methyl sites for hydroxylation is 1. The van der Waals surface area contributed by atoms with E-state index >= 15 is 0 Å². The van der Waals surface area contributed by atoms with Crippen LogP contribution in [-0.4, -0.2) is 28.4 Å². The van der Waals surface area contributed by atoms with Crippen molar-refractivity contribution >= 4 is 0 Å². The SMILES string of the molecule is CCc1ccc(OC)c(OC)c1.COc1cccc(CN)c1OC. The molecule has 2 aromatic carbocycles. The van der Waals surface area contributed by atoms with Gasteiger partial charge in [0.05, 0.1) is 28.4 Å². The smallest absolute Gasteiger partial charge is 0.165 e. The fraction of sp³-hybridized carbons (Fsp3) is 0.368. The van der Waals surface area contributed by atoms with Crippen LogP contribution in [0.1, 0.15) is 18.1 Å². The van der Waals surface area contributed by atoms with Gasteiger partial charge in [-0.2, -0.15) is 0 Å². The first-order valence-electron chi connectivity index (χ1n) is 7.75. The Bertz CT molecular complexity index is 604. The van der Waals surface area contributed by atoms with Gasteiger partial charge in [0.25, 0.3) is 0 Å². The molecule has 0 heterocycles. The van der Waals surface area contributed by atoms with Gasteiger partial charge in [-0.1, -0.05) is 25.1 Å². The predicted octanol–water partition coefficient (Wildman–Crippen LogP) is 3.43. The first kappa shape index (κ1) is 19.6. The van der Waals surface area contributed by atoms with Crippen LogP contribution >= 0.6 is 0 Å². The molecule has 2 N–H and O–H groups in total. The number of hydrogen-bond donors (Lipinski definition) is 1. The van der Waals surface area contributed by atoms with Crippen LogP contribution < -0.4 is 24.7 Å². The lowest BCUT2D eigenvalue weighted by molar-refractivity contribution is 0.352. The molecular formula is C19H27NO4. The van der Waals surface area contributed by atoms with Crippen molar-refractivity contribution in [1.82, 2.24) is 0 Å². The van der Waals surface area contributed by atoms with Gasteiger partial charge in [0, 0.05) is 12.1 Å². The summed E-state index contributed by atoms with van der Waals surface area (Å²) < 4.78 is 20.5. The summed E-state index contributed by atoms with van der Waals surface area (Å²) >= 11 is 0. The summed E-state index contributed by atoms with van der Waals surface area (Å²) in [6, 6.07) is 11.6. The fourth-order valence-corrected chi connectivity index (χ4v) is 2.21. The molecule has 0 aliphatic rings. The summed E-state index contributed by atoms with van der Waals surface area (Å²) in [5.74, 6) is 3.04. The Morgan fingerprint density at radius 1 is 0.792 bits per heavy atom. The van der Waals surface area contributed by atoms with Crippen molar-refractivity contribution in [1.29, 1.82) is 0 Å². The van der Waals surface area contributed by atoms with Gasteiger partial charge in [-0.05, 0) is 30.2 Å². The molecule has 0 aromatic heterocycles. The lowest BCUT2D eigenvalue weighted by atomic mass is 10.1. The average molecular weight is 333 g/mol. The number of hydrogen-bond acceptors (Lipinski definition) is 5. The molecule has 2 aromatic rings. The van der Waals surface area contributed by atoms with Crippen molar-refractivity contribution in [3.05, 3.63) is 47.5 Å². The van der Waals surface area contributed by atoms with Crippen LogP contribution in [0, 0.1) is 0 Å². The molecule has 132 valence electrons. The molecular weight excluding hydrogens is 306 g/mol. The summed E-state index contributed by atoms with van der Waals surface area (Å²) in [5, 5.41) is 0. The van der Waals surface area contributed by atoms with E-state index in [2.05, 4.69) is 6.92 Å². The predicted molar refractivity (Wildman–Crippen MR) is 96.4 cm³/mol. The molecule has 0 fully saturated rings. The quantitative estimate of drug-likeness (QED) is 0.877. The maximum Gasteiger partial charge on any atom is 0.165 e. The topological polar surface area (TPSA) is 62.9 Å². The molecule has 0 amide bonds. The summed E-state index contributed by atoms with van der Waals surface area (Å²) in [6.07, 6.45) is 1.01. The van der Waals surface area contributed by atoms with Gasteiger partial charge in [-0.3, -0.25) is 0 Å². The van der Waals surface area contributed by atoms with E-state index in [9.17, 15) is 0 Å². The van der Waals surface area contributed by atoms with Gasteiger partial charge in [-0.25, -0.2) is 0 Å². The minimum atomic E-state index is 0.459. The lowest BCUT2D eigenvalue weighted by Crippen LogP contribution is -2.01. The van der Waals surface area contributed by atoms with E-state index in [1.165, 1.54) is 5.56 Å². The second-order valence-corrected chi connectivity index (χ2v) is 4.90. The summed E-state index contributed by atoms with van der Waals surface area (Å²) in [7, 11) is 6.51. The highest BCUT2D eigenvalue weighted by Crippen LogP contribution is 2.30. The van der Waals surface area contributed by atoms with Gasteiger partial charge in [0.1, 0.15) is 0 Å². The zero-order valence-electron chi connectivity index (χ0n) is 15.1. The second kappa shape index (κ2) is 10.4. The number of ether oxygens (including phenoxy) is 4. The Hall–Kier alpha value is -2.40. The minimum absolute atomic E-state index is 0.459. The Morgan fingerprint density at radius 3 is 1.96 bits per heavy atom. The summed E-state index contributed by atoms with van der Waals surface area (Å²) in [4.78, 5) is 0. The van der Waals surface area contributed by atoms with Crippen LogP contribution in [0.5, 0.6) is 23.0 Å². The fourth-order valence-electron chi connectivity index (χ4n) is 2.21. The monoisotopic (exact) mass is 333 g/mol. The van der Waals surface area contributed by atoms with E-state index in [0.29, 0.717) is 6.54 Å². The van der Waals surface area contributed by atoms with Crippen molar-refractivity contribution in [2.24, 2.45) is 5.73 Å². The van der Waals surface area contributed by atoms with Gasteiger partial charge >= 0.3 is 0 Å². The van der Waals surface area contributed by atoms with Crippen LogP contribution in [0.3, 0.4) is 0 Å². The van der Waals surface area contributed by atoms with E-state index in [4.69, 9.17) is 24.7 Å². The van der Waals surface area contributed by atoms with E-state index < -0.39 is 0 Å². The average Bonchev–Trinajstić information content (AvgIpc) is 2.66. The maximum absolute atomic E-state index is 5.51. The van der Waals surface area contributed by atoms with Gasteiger partial charge < -0.3 is 24.7 Å². The third-order valence-corrected chi connectivity index (χ3v) is 3.56. The molecule has 0 saturated carbocycles. The van der Waals surface area contributed by atoms with Crippen LogP contribution in [0.15, 0.2) is 36.4 Å². The highest BCUT2D eigenvalue weighted by molar-refractivity contribution is 5.46. The van der Waals surface area contributed by atoms with Gasteiger partial charge in [-0.15, -0.1) is 0 Å². The van der Waals surface area contributed by atoms with E-state index in [0.717, 1.165) is 35.0 Å².